The minimum absolute atomic E-state index is 0.232. The van der Waals surface area contributed by atoms with E-state index in [1.165, 1.54) is 0 Å². The van der Waals surface area contributed by atoms with Crippen LogP contribution < -0.4 is 10.6 Å². The maximum atomic E-state index is 12.6. The molecule has 6 nitrogen and oxygen atoms in total. The van der Waals surface area contributed by atoms with Crippen molar-refractivity contribution in [3.05, 3.63) is 35.9 Å². The molecule has 26 heavy (non-hydrogen) atoms. The zero-order valence-electron chi connectivity index (χ0n) is 15.7. The molecule has 1 aromatic carbocycles. The highest BCUT2D eigenvalue weighted by Gasteiger charge is 2.47. The molecule has 1 fully saturated rings. The second-order valence-corrected chi connectivity index (χ2v) is 7.05. The van der Waals surface area contributed by atoms with E-state index in [0.717, 1.165) is 36.1 Å². The fraction of sp³-hybridized carbons (Fsp3) is 0.550. The first-order chi connectivity index (χ1) is 12.5. The van der Waals surface area contributed by atoms with Crippen LogP contribution in [0, 0.1) is 0 Å². The quantitative estimate of drug-likeness (QED) is 0.498. The summed E-state index contributed by atoms with van der Waals surface area (Å²) in [5, 5.41) is 5.53. The van der Waals surface area contributed by atoms with Gasteiger partial charge in [-0.15, -0.1) is 0 Å². The van der Waals surface area contributed by atoms with Crippen molar-refractivity contribution in [2.24, 2.45) is 0 Å². The van der Waals surface area contributed by atoms with Gasteiger partial charge in [0, 0.05) is 6.54 Å². The summed E-state index contributed by atoms with van der Waals surface area (Å²) in [6.07, 6.45) is 5.46. The lowest BCUT2D eigenvalue weighted by Gasteiger charge is -2.21. The summed E-state index contributed by atoms with van der Waals surface area (Å²) in [5.74, 6) is -0.628. The minimum Gasteiger partial charge on any atom is -0.354 e. The maximum absolute atomic E-state index is 12.6. The van der Waals surface area contributed by atoms with Gasteiger partial charge in [0.2, 0.25) is 5.91 Å². The van der Waals surface area contributed by atoms with Crippen LogP contribution in [0.25, 0.3) is 0 Å². The number of nitrogens with one attached hydrogen (secondary N) is 2. The number of unbranched alkanes of at least 4 members (excludes halogenated alkanes) is 3. The highest BCUT2D eigenvalue weighted by molar-refractivity contribution is 6.08. The highest BCUT2D eigenvalue weighted by Crippen LogP contribution is 2.23. The van der Waals surface area contributed by atoms with E-state index in [1.807, 2.05) is 30.3 Å². The summed E-state index contributed by atoms with van der Waals surface area (Å²) < 4.78 is 0. The van der Waals surface area contributed by atoms with Crippen molar-refractivity contribution < 1.29 is 14.4 Å². The van der Waals surface area contributed by atoms with Crippen molar-refractivity contribution in [3.8, 4) is 0 Å². The van der Waals surface area contributed by atoms with Crippen LogP contribution in [-0.4, -0.2) is 41.4 Å². The second-order valence-electron chi connectivity index (χ2n) is 7.05. The first kappa shape index (κ1) is 19.9. The molecule has 0 unspecified atom stereocenters. The van der Waals surface area contributed by atoms with E-state index in [0.29, 0.717) is 19.4 Å². The number of benzene rings is 1. The van der Waals surface area contributed by atoms with Crippen LogP contribution in [0.2, 0.25) is 0 Å². The minimum atomic E-state index is -0.894. The van der Waals surface area contributed by atoms with Gasteiger partial charge in [0.1, 0.15) is 12.1 Å². The predicted molar refractivity (Wildman–Crippen MR) is 101 cm³/mol. The van der Waals surface area contributed by atoms with Crippen molar-refractivity contribution in [3.63, 3.8) is 0 Å². The van der Waals surface area contributed by atoms with Gasteiger partial charge in [0.15, 0.2) is 0 Å². The molecule has 1 aliphatic rings. The molecule has 1 aliphatic heterocycles. The third-order valence-electron chi connectivity index (χ3n) is 4.76. The van der Waals surface area contributed by atoms with Gasteiger partial charge in [0.25, 0.3) is 5.91 Å². The molecule has 0 aliphatic carbocycles. The average molecular weight is 359 g/mol. The largest absolute Gasteiger partial charge is 0.354 e. The number of urea groups is 1. The molecule has 2 N–H and O–H groups in total. The SMILES string of the molecule is CCCCCC[C@@]1(C)NC(=O)N(CC(=O)NCCc2ccccc2)C1=O. The highest BCUT2D eigenvalue weighted by atomic mass is 16.2. The Labute approximate surface area is 155 Å². The number of amides is 4. The van der Waals surface area contributed by atoms with E-state index in [1.54, 1.807) is 6.92 Å². The Morgan fingerprint density at radius 1 is 1.15 bits per heavy atom. The first-order valence-corrected chi connectivity index (χ1v) is 9.41. The van der Waals surface area contributed by atoms with E-state index >= 15 is 0 Å². The van der Waals surface area contributed by atoms with Crippen molar-refractivity contribution in [1.29, 1.82) is 0 Å². The summed E-state index contributed by atoms with van der Waals surface area (Å²) in [6.45, 7) is 4.11. The van der Waals surface area contributed by atoms with Crippen LogP contribution in [0.15, 0.2) is 30.3 Å². The topological polar surface area (TPSA) is 78.5 Å². The Kier molecular flexibility index (Phi) is 7.18. The number of imide groups is 1. The standard InChI is InChI=1S/C20H29N3O3/c1-3-4-5-9-13-20(2)18(25)23(19(26)22-20)15-17(24)21-14-12-16-10-7-6-8-11-16/h6-8,10-11H,3-5,9,12-15H2,1-2H3,(H,21,24)(H,22,26)/t20-/m1/s1. The molecule has 142 valence electrons. The fourth-order valence-corrected chi connectivity index (χ4v) is 3.16. The molecule has 1 heterocycles. The fourth-order valence-electron chi connectivity index (χ4n) is 3.16. The molecular formula is C20H29N3O3. The lowest BCUT2D eigenvalue weighted by Crippen LogP contribution is -2.45. The summed E-state index contributed by atoms with van der Waals surface area (Å²) in [5.41, 5.74) is 0.234. The van der Waals surface area contributed by atoms with Gasteiger partial charge in [-0.25, -0.2) is 4.79 Å². The Balaban J connectivity index is 1.79. The van der Waals surface area contributed by atoms with Crippen LogP contribution in [0.3, 0.4) is 0 Å². The third kappa shape index (κ3) is 5.31. The van der Waals surface area contributed by atoms with E-state index in [4.69, 9.17) is 0 Å². The van der Waals surface area contributed by atoms with Gasteiger partial charge in [0.05, 0.1) is 0 Å². The normalized spacial score (nSPS) is 19.5. The summed E-state index contributed by atoms with van der Waals surface area (Å²) in [4.78, 5) is 37.9. The summed E-state index contributed by atoms with van der Waals surface area (Å²) in [6, 6.07) is 9.35. The molecule has 0 spiro atoms. The van der Waals surface area contributed by atoms with Gasteiger partial charge >= 0.3 is 6.03 Å². The number of rotatable bonds is 10. The van der Waals surface area contributed by atoms with Gasteiger partial charge in [-0.05, 0) is 25.3 Å². The van der Waals surface area contributed by atoms with Gasteiger partial charge in [-0.3, -0.25) is 14.5 Å². The number of carbonyl (C=O) groups is 3. The lowest BCUT2D eigenvalue weighted by molar-refractivity contribution is -0.134. The van der Waals surface area contributed by atoms with E-state index in [-0.39, 0.29) is 18.4 Å². The third-order valence-corrected chi connectivity index (χ3v) is 4.76. The second kappa shape index (κ2) is 9.36. The molecule has 6 heteroatoms. The van der Waals surface area contributed by atoms with Crippen molar-refractivity contribution in [1.82, 2.24) is 15.5 Å². The molecule has 0 bridgehead atoms. The van der Waals surface area contributed by atoms with Gasteiger partial charge < -0.3 is 10.6 Å². The van der Waals surface area contributed by atoms with Crippen molar-refractivity contribution >= 4 is 17.8 Å². The van der Waals surface area contributed by atoms with Crippen LogP contribution in [-0.2, 0) is 16.0 Å². The van der Waals surface area contributed by atoms with Crippen LogP contribution in [0.4, 0.5) is 4.79 Å². The zero-order chi connectivity index (χ0) is 19.0. The zero-order valence-corrected chi connectivity index (χ0v) is 15.7. The molecule has 1 saturated heterocycles. The molecule has 0 radical (unpaired) electrons. The van der Waals surface area contributed by atoms with Crippen LogP contribution in [0.1, 0.15) is 51.5 Å². The predicted octanol–water partition coefficient (Wildman–Crippen LogP) is 2.63. The Morgan fingerprint density at radius 2 is 1.88 bits per heavy atom. The summed E-state index contributed by atoms with van der Waals surface area (Å²) in [7, 11) is 0. The summed E-state index contributed by atoms with van der Waals surface area (Å²) >= 11 is 0. The Morgan fingerprint density at radius 3 is 2.58 bits per heavy atom. The average Bonchev–Trinajstić information content (AvgIpc) is 2.83. The Bertz CT molecular complexity index is 632. The van der Waals surface area contributed by atoms with E-state index in [9.17, 15) is 14.4 Å². The van der Waals surface area contributed by atoms with Gasteiger partial charge in [-0.1, -0.05) is 62.9 Å². The van der Waals surface area contributed by atoms with E-state index in [2.05, 4.69) is 17.6 Å². The maximum Gasteiger partial charge on any atom is 0.325 e. The van der Waals surface area contributed by atoms with Crippen LogP contribution in [0.5, 0.6) is 0 Å². The van der Waals surface area contributed by atoms with Crippen molar-refractivity contribution in [2.75, 3.05) is 13.1 Å². The molecule has 1 aromatic rings. The molecular weight excluding hydrogens is 330 g/mol. The van der Waals surface area contributed by atoms with E-state index < -0.39 is 11.6 Å². The number of carbonyl (C=O) groups excluding carboxylic acids is 3. The number of nitrogens with zero attached hydrogens (tertiary/aromatic N) is 1. The van der Waals surface area contributed by atoms with Crippen molar-refractivity contribution in [2.45, 2.75) is 57.9 Å². The molecule has 0 aromatic heterocycles. The number of hydrogen-bond donors (Lipinski definition) is 2. The number of hydrogen-bond acceptors (Lipinski definition) is 3. The Hall–Kier alpha value is -2.37. The molecule has 1 atom stereocenters. The van der Waals surface area contributed by atoms with Gasteiger partial charge in [-0.2, -0.15) is 0 Å². The smallest absolute Gasteiger partial charge is 0.325 e. The first-order valence-electron chi connectivity index (χ1n) is 9.41. The molecule has 0 saturated carbocycles. The monoisotopic (exact) mass is 359 g/mol. The molecule has 2 rings (SSSR count). The molecule has 4 amide bonds. The lowest BCUT2D eigenvalue weighted by atomic mass is 9.94. The van der Waals surface area contributed by atoms with Crippen LogP contribution >= 0.6 is 0 Å².